The second-order valence-corrected chi connectivity index (χ2v) is 2.88. The lowest BCUT2D eigenvalue weighted by Crippen LogP contribution is -2.35. The Hall–Kier alpha value is -0.160. The van der Waals surface area contributed by atoms with Crippen molar-refractivity contribution in [3.05, 3.63) is 0 Å². The number of aliphatic hydroxyl groups is 3. The van der Waals surface area contributed by atoms with E-state index in [0.717, 1.165) is 7.11 Å². The minimum atomic E-state index is -0.291. The molecular formula is C8H18O4. The van der Waals surface area contributed by atoms with Gasteiger partial charge in [-0.05, 0) is 13.3 Å². The summed E-state index contributed by atoms with van der Waals surface area (Å²) in [5.74, 6) is 0. The first-order valence-electron chi connectivity index (χ1n) is 4.11. The third-order valence-corrected chi connectivity index (χ3v) is 1.77. The van der Waals surface area contributed by atoms with E-state index in [2.05, 4.69) is 0 Å². The molecule has 0 saturated carbocycles. The second kappa shape index (κ2) is 6.37. The Labute approximate surface area is 72.8 Å². The zero-order valence-electron chi connectivity index (χ0n) is 7.60. The molecule has 1 saturated heterocycles. The van der Waals surface area contributed by atoms with Gasteiger partial charge in [0, 0.05) is 13.5 Å². The number of hydrogen-bond acceptors (Lipinski definition) is 4. The van der Waals surface area contributed by atoms with Crippen LogP contribution >= 0.6 is 0 Å². The van der Waals surface area contributed by atoms with Gasteiger partial charge < -0.3 is 20.1 Å². The normalized spacial score (nSPS) is 35.2. The molecule has 74 valence electrons. The first-order valence-corrected chi connectivity index (χ1v) is 4.11. The largest absolute Gasteiger partial charge is 0.400 e. The molecule has 1 aliphatic heterocycles. The van der Waals surface area contributed by atoms with Gasteiger partial charge in [-0.2, -0.15) is 0 Å². The van der Waals surface area contributed by atoms with Crippen molar-refractivity contribution in [2.24, 2.45) is 0 Å². The van der Waals surface area contributed by atoms with Crippen LogP contribution in [0.4, 0.5) is 0 Å². The first kappa shape index (κ1) is 11.8. The Bertz CT molecular complexity index is 97.2. The lowest BCUT2D eigenvalue weighted by Gasteiger charge is -2.29. The number of ether oxygens (including phenoxy) is 1. The zero-order chi connectivity index (χ0) is 9.56. The minimum absolute atomic E-state index is 0.0153. The predicted octanol–water partition coefficient (Wildman–Crippen LogP) is -0.484. The summed E-state index contributed by atoms with van der Waals surface area (Å²) in [5.41, 5.74) is 0. The highest BCUT2D eigenvalue weighted by atomic mass is 16.5. The summed E-state index contributed by atoms with van der Waals surface area (Å²) in [7, 11) is 1.00. The van der Waals surface area contributed by atoms with Crippen molar-refractivity contribution in [2.75, 3.05) is 13.7 Å². The van der Waals surface area contributed by atoms with Crippen LogP contribution in [-0.4, -0.2) is 47.3 Å². The predicted molar refractivity (Wildman–Crippen MR) is 44.8 cm³/mol. The van der Waals surface area contributed by atoms with Crippen LogP contribution in [-0.2, 0) is 4.74 Å². The van der Waals surface area contributed by atoms with Crippen LogP contribution in [0.3, 0.4) is 0 Å². The first-order chi connectivity index (χ1) is 5.72. The maximum Gasteiger partial charge on any atom is 0.0833 e. The molecule has 0 amide bonds. The van der Waals surface area contributed by atoms with Gasteiger partial charge >= 0.3 is 0 Å². The van der Waals surface area contributed by atoms with Crippen LogP contribution in [0, 0.1) is 0 Å². The lowest BCUT2D eigenvalue weighted by molar-refractivity contribution is -0.104. The van der Waals surface area contributed by atoms with Gasteiger partial charge in [-0.25, -0.2) is 0 Å². The van der Waals surface area contributed by atoms with E-state index in [4.69, 9.17) is 14.9 Å². The zero-order valence-corrected chi connectivity index (χ0v) is 7.60. The van der Waals surface area contributed by atoms with Crippen LogP contribution in [0.1, 0.15) is 19.8 Å². The molecule has 1 rings (SSSR count). The van der Waals surface area contributed by atoms with Crippen LogP contribution in [0.25, 0.3) is 0 Å². The van der Waals surface area contributed by atoms with Crippen molar-refractivity contribution in [1.82, 2.24) is 0 Å². The van der Waals surface area contributed by atoms with Gasteiger partial charge in [-0.3, -0.25) is 0 Å². The smallest absolute Gasteiger partial charge is 0.0833 e. The van der Waals surface area contributed by atoms with Crippen molar-refractivity contribution >= 4 is 0 Å². The third kappa shape index (κ3) is 4.01. The molecule has 1 aliphatic rings. The SMILES string of the molecule is CC1CC(O)CC(CO)O1.CO. The molecule has 0 radical (unpaired) electrons. The number of rotatable bonds is 1. The van der Waals surface area contributed by atoms with E-state index in [-0.39, 0.29) is 24.9 Å². The average Bonchev–Trinajstić information content (AvgIpc) is 2.06. The van der Waals surface area contributed by atoms with E-state index in [1.165, 1.54) is 0 Å². The fourth-order valence-electron chi connectivity index (χ4n) is 1.34. The second-order valence-electron chi connectivity index (χ2n) is 2.88. The van der Waals surface area contributed by atoms with Crippen LogP contribution in [0.5, 0.6) is 0 Å². The standard InChI is InChI=1S/C7H14O3.CH4O/c1-5-2-6(9)3-7(4-8)10-5;1-2/h5-9H,2-4H2,1H3;2H,1H3. The molecule has 0 aromatic carbocycles. The Morgan fingerprint density at radius 1 is 1.33 bits per heavy atom. The Kier molecular flexibility index (Phi) is 6.28. The van der Waals surface area contributed by atoms with Gasteiger partial charge in [0.1, 0.15) is 0 Å². The van der Waals surface area contributed by atoms with Crippen molar-refractivity contribution in [1.29, 1.82) is 0 Å². The van der Waals surface area contributed by atoms with E-state index in [1.807, 2.05) is 6.92 Å². The maximum absolute atomic E-state index is 9.19. The van der Waals surface area contributed by atoms with Crippen molar-refractivity contribution in [3.8, 4) is 0 Å². The molecule has 4 nitrogen and oxygen atoms in total. The average molecular weight is 178 g/mol. The molecule has 0 aromatic heterocycles. The van der Waals surface area contributed by atoms with Gasteiger partial charge in [0.05, 0.1) is 24.9 Å². The molecule has 3 N–H and O–H groups in total. The highest BCUT2D eigenvalue weighted by Crippen LogP contribution is 2.18. The quantitative estimate of drug-likeness (QED) is 0.507. The van der Waals surface area contributed by atoms with E-state index in [9.17, 15) is 5.11 Å². The van der Waals surface area contributed by atoms with E-state index in [0.29, 0.717) is 12.8 Å². The van der Waals surface area contributed by atoms with Gasteiger partial charge in [-0.1, -0.05) is 0 Å². The molecule has 0 aliphatic carbocycles. The molecule has 1 fully saturated rings. The highest BCUT2D eigenvalue weighted by molar-refractivity contribution is 4.73. The highest BCUT2D eigenvalue weighted by Gasteiger charge is 2.24. The van der Waals surface area contributed by atoms with E-state index in [1.54, 1.807) is 0 Å². The van der Waals surface area contributed by atoms with Gasteiger partial charge in [0.15, 0.2) is 0 Å². The molecular weight excluding hydrogens is 160 g/mol. The van der Waals surface area contributed by atoms with Gasteiger partial charge in [-0.15, -0.1) is 0 Å². The molecule has 4 heteroatoms. The van der Waals surface area contributed by atoms with Gasteiger partial charge in [0.25, 0.3) is 0 Å². The summed E-state index contributed by atoms with van der Waals surface area (Å²) in [6.45, 7) is 1.92. The van der Waals surface area contributed by atoms with Gasteiger partial charge in [0.2, 0.25) is 0 Å². The molecule has 0 aromatic rings. The fourth-order valence-corrected chi connectivity index (χ4v) is 1.34. The molecule has 0 bridgehead atoms. The summed E-state index contributed by atoms with van der Waals surface area (Å²) in [6.07, 6.45) is 0.901. The Morgan fingerprint density at radius 3 is 2.33 bits per heavy atom. The van der Waals surface area contributed by atoms with E-state index >= 15 is 0 Å². The molecule has 12 heavy (non-hydrogen) atoms. The van der Waals surface area contributed by atoms with Crippen LogP contribution in [0.2, 0.25) is 0 Å². The molecule has 3 atom stereocenters. The van der Waals surface area contributed by atoms with Crippen LogP contribution < -0.4 is 0 Å². The van der Waals surface area contributed by atoms with Crippen molar-refractivity contribution in [2.45, 2.75) is 38.1 Å². The Morgan fingerprint density at radius 2 is 1.92 bits per heavy atom. The van der Waals surface area contributed by atoms with Crippen LogP contribution in [0.15, 0.2) is 0 Å². The monoisotopic (exact) mass is 178 g/mol. The molecule has 0 spiro atoms. The minimum Gasteiger partial charge on any atom is -0.400 e. The topological polar surface area (TPSA) is 69.9 Å². The van der Waals surface area contributed by atoms with Crippen molar-refractivity contribution < 1.29 is 20.1 Å². The summed E-state index contributed by atoms with van der Waals surface area (Å²) in [4.78, 5) is 0. The number of hydrogen-bond donors (Lipinski definition) is 3. The molecule has 1 heterocycles. The summed E-state index contributed by atoms with van der Waals surface area (Å²) >= 11 is 0. The van der Waals surface area contributed by atoms with Crippen molar-refractivity contribution in [3.63, 3.8) is 0 Å². The fraction of sp³-hybridized carbons (Fsp3) is 1.00. The third-order valence-electron chi connectivity index (χ3n) is 1.77. The summed E-state index contributed by atoms with van der Waals surface area (Å²) in [6, 6.07) is 0. The molecule has 3 unspecified atom stereocenters. The Balaban J connectivity index is 0.000000561. The van der Waals surface area contributed by atoms with E-state index < -0.39 is 0 Å². The maximum atomic E-state index is 9.19. The lowest BCUT2D eigenvalue weighted by atomic mass is 10.0. The number of aliphatic hydroxyl groups excluding tert-OH is 3. The summed E-state index contributed by atoms with van der Waals surface area (Å²) in [5, 5.41) is 24.9. The summed E-state index contributed by atoms with van der Waals surface area (Å²) < 4.78 is 5.30.